The second-order valence-electron chi connectivity index (χ2n) is 4.66. The maximum Gasteiger partial charge on any atom is 0.270 e. The zero-order chi connectivity index (χ0) is 17.3. The Balaban J connectivity index is 2.31. The molecule has 0 fully saturated rings. The average molecular weight is 356 g/mol. The van der Waals surface area contributed by atoms with Crippen LogP contribution in [0.3, 0.4) is 0 Å². The van der Waals surface area contributed by atoms with Crippen LogP contribution in [0.5, 0.6) is 0 Å². The molecule has 2 aromatic rings. The summed E-state index contributed by atoms with van der Waals surface area (Å²) in [7, 11) is -7.40. The summed E-state index contributed by atoms with van der Waals surface area (Å²) in [6.45, 7) is 0. The highest BCUT2D eigenvalue weighted by molar-refractivity contribution is 7.92. The summed E-state index contributed by atoms with van der Waals surface area (Å²) in [5, 5.41) is 10.7. The molecular weight excluding hydrogens is 344 g/mol. The van der Waals surface area contributed by atoms with Crippen LogP contribution < -0.4 is 4.72 Å². The molecule has 0 bridgehead atoms. The number of nitro groups is 1. The fourth-order valence-corrected chi connectivity index (χ4v) is 3.48. The standard InChI is InChI=1S/C13H12N2O6S2/c1-22(18,19)12-7-5-10(6-8-12)14-23(20,21)13-4-2-3-11(9-13)15(16)17/h2-9,14H,1H3. The maximum absolute atomic E-state index is 12.2. The number of non-ortho nitro benzene ring substituents is 1. The van der Waals surface area contributed by atoms with Crippen LogP contribution in [0.25, 0.3) is 0 Å². The minimum Gasteiger partial charge on any atom is -0.280 e. The lowest BCUT2D eigenvalue weighted by atomic mass is 10.3. The molecule has 0 aliphatic carbocycles. The molecule has 0 heterocycles. The van der Waals surface area contributed by atoms with Crippen LogP contribution in [-0.2, 0) is 19.9 Å². The van der Waals surface area contributed by atoms with E-state index < -0.39 is 24.8 Å². The monoisotopic (exact) mass is 356 g/mol. The van der Waals surface area contributed by atoms with Crippen molar-refractivity contribution in [2.45, 2.75) is 9.79 Å². The number of nitrogens with one attached hydrogen (secondary N) is 1. The molecular formula is C13H12N2O6S2. The van der Waals surface area contributed by atoms with E-state index in [4.69, 9.17) is 0 Å². The Bertz CT molecular complexity index is 950. The zero-order valence-corrected chi connectivity index (χ0v) is 13.5. The minimum atomic E-state index is -4.02. The van der Waals surface area contributed by atoms with E-state index in [1.54, 1.807) is 0 Å². The zero-order valence-electron chi connectivity index (χ0n) is 11.8. The summed E-state index contributed by atoms with van der Waals surface area (Å²) in [5.74, 6) is 0. The Morgan fingerprint density at radius 3 is 2.09 bits per heavy atom. The molecule has 23 heavy (non-hydrogen) atoms. The van der Waals surface area contributed by atoms with Crippen molar-refractivity contribution in [3.05, 3.63) is 58.6 Å². The molecule has 8 nitrogen and oxygen atoms in total. The number of sulfonamides is 1. The lowest BCUT2D eigenvalue weighted by molar-refractivity contribution is -0.385. The number of anilines is 1. The van der Waals surface area contributed by atoms with Crippen molar-refractivity contribution in [3.63, 3.8) is 0 Å². The molecule has 0 aliphatic heterocycles. The molecule has 0 atom stereocenters. The summed E-state index contributed by atoms with van der Waals surface area (Å²) in [5.41, 5.74) is -0.204. The third-order valence-corrected chi connectivity index (χ3v) is 5.38. The normalized spacial score (nSPS) is 11.9. The van der Waals surface area contributed by atoms with Gasteiger partial charge in [0.2, 0.25) is 0 Å². The second kappa shape index (κ2) is 5.97. The first-order valence-electron chi connectivity index (χ1n) is 6.17. The van der Waals surface area contributed by atoms with E-state index in [1.807, 2.05) is 0 Å². The van der Waals surface area contributed by atoms with Gasteiger partial charge in [0.1, 0.15) is 0 Å². The van der Waals surface area contributed by atoms with Crippen molar-refractivity contribution in [2.75, 3.05) is 11.0 Å². The average Bonchev–Trinajstić information content (AvgIpc) is 2.46. The van der Waals surface area contributed by atoms with Crippen LogP contribution >= 0.6 is 0 Å². The molecule has 122 valence electrons. The van der Waals surface area contributed by atoms with Gasteiger partial charge in [-0.25, -0.2) is 16.8 Å². The van der Waals surface area contributed by atoms with Gasteiger partial charge in [-0.3, -0.25) is 14.8 Å². The van der Waals surface area contributed by atoms with Gasteiger partial charge in [-0.15, -0.1) is 0 Å². The molecule has 0 aliphatic rings. The number of sulfone groups is 1. The Labute approximate surface area is 132 Å². The van der Waals surface area contributed by atoms with Crippen molar-refractivity contribution >= 4 is 31.2 Å². The highest BCUT2D eigenvalue weighted by Gasteiger charge is 2.18. The summed E-state index contributed by atoms with van der Waals surface area (Å²) in [6.07, 6.45) is 1.04. The van der Waals surface area contributed by atoms with Gasteiger partial charge in [0, 0.05) is 24.1 Å². The Morgan fingerprint density at radius 2 is 1.57 bits per heavy atom. The molecule has 1 N–H and O–H groups in total. The molecule has 10 heteroatoms. The predicted molar refractivity (Wildman–Crippen MR) is 83.5 cm³/mol. The fourth-order valence-electron chi connectivity index (χ4n) is 1.75. The maximum atomic E-state index is 12.2. The third-order valence-electron chi connectivity index (χ3n) is 2.87. The minimum absolute atomic E-state index is 0.0517. The summed E-state index contributed by atoms with van der Waals surface area (Å²) < 4.78 is 49.3. The topological polar surface area (TPSA) is 123 Å². The van der Waals surface area contributed by atoms with Crippen molar-refractivity contribution in [1.29, 1.82) is 0 Å². The van der Waals surface area contributed by atoms with Crippen LogP contribution in [0.2, 0.25) is 0 Å². The first-order chi connectivity index (χ1) is 10.6. The fraction of sp³-hybridized carbons (Fsp3) is 0.0769. The molecule has 0 saturated heterocycles. The Kier molecular flexibility index (Phi) is 4.39. The summed E-state index contributed by atoms with van der Waals surface area (Å²) in [6, 6.07) is 9.73. The van der Waals surface area contributed by atoms with Crippen LogP contribution in [0, 0.1) is 10.1 Å². The smallest absolute Gasteiger partial charge is 0.270 e. The number of hydrogen-bond donors (Lipinski definition) is 1. The van der Waals surface area contributed by atoms with Crippen LogP contribution in [0.15, 0.2) is 58.3 Å². The molecule has 2 aromatic carbocycles. The summed E-state index contributed by atoms with van der Waals surface area (Å²) >= 11 is 0. The molecule has 0 spiro atoms. The van der Waals surface area contributed by atoms with E-state index in [0.717, 1.165) is 12.3 Å². The van der Waals surface area contributed by atoms with Crippen molar-refractivity contribution in [2.24, 2.45) is 0 Å². The first-order valence-corrected chi connectivity index (χ1v) is 9.54. The van der Waals surface area contributed by atoms with E-state index in [0.29, 0.717) is 0 Å². The van der Waals surface area contributed by atoms with E-state index in [9.17, 15) is 26.9 Å². The Hall–Kier alpha value is -2.46. The highest BCUT2D eigenvalue weighted by Crippen LogP contribution is 2.21. The van der Waals surface area contributed by atoms with Crippen molar-refractivity contribution < 1.29 is 21.8 Å². The quantitative estimate of drug-likeness (QED) is 0.643. The largest absolute Gasteiger partial charge is 0.280 e. The molecule has 2 rings (SSSR count). The van der Waals surface area contributed by atoms with Gasteiger partial charge in [0.05, 0.1) is 14.7 Å². The number of nitrogens with zero attached hydrogens (tertiary/aromatic N) is 1. The van der Waals surface area contributed by atoms with E-state index in [1.165, 1.54) is 42.5 Å². The van der Waals surface area contributed by atoms with E-state index >= 15 is 0 Å². The SMILES string of the molecule is CS(=O)(=O)c1ccc(NS(=O)(=O)c2cccc([N+](=O)[O-])c2)cc1. The van der Waals surface area contributed by atoms with Crippen molar-refractivity contribution in [3.8, 4) is 0 Å². The predicted octanol–water partition coefficient (Wildman–Crippen LogP) is 1.80. The molecule has 0 aromatic heterocycles. The number of rotatable bonds is 5. The third kappa shape index (κ3) is 4.05. The number of hydrogen-bond acceptors (Lipinski definition) is 6. The lowest BCUT2D eigenvalue weighted by Gasteiger charge is -2.08. The summed E-state index contributed by atoms with van der Waals surface area (Å²) in [4.78, 5) is 9.80. The molecule has 0 radical (unpaired) electrons. The first kappa shape index (κ1) is 16.9. The number of nitro benzene ring substituents is 1. The van der Waals surface area contributed by atoms with Gasteiger partial charge in [-0.1, -0.05) is 6.07 Å². The van der Waals surface area contributed by atoms with Crippen LogP contribution in [0.1, 0.15) is 0 Å². The van der Waals surface area contributed by atoms with Gasteiger partial charge < -0.3 is 0 Å². The van der Waals surface area contributed by atoms with Gasteiger partial charge in [-0.2, -0.15) is 0 Å². The van der Waals surface area contributed by atoms with E-state index in [-0.39, 0.29) is 21.2 Å². The number of benzene rings is 2. The van der Waals surface area contributed by atoms with Gasteiger partial charge in [0.25, 0.3) is 15.7 Å². The van der Waals surface area contributed by atoms with Gasteiger partial charge in [-0.05, 0) is 30.3 Å². The second-order valence-corrected chi connectivity index (χ2v) is 8.35. The highest BCUT2D eigenvalue weighted by atomic mass is 32.2. The van der Waals surface area contributed by atoms with Crippen molar-refractivity contribution in [1.82, 2.24) is 0 Å². The van der Waals surface area contributed by atoms with Crippen LogP contribution in [0.4, 0.5) is 11.4 Å². The van der Waals surface area contributed by atoms with Crippen LogP contribution in [-0.4, -0.2) is 28.0 Å². The molecule has 0 unspecified atom stereocenters. The molecule has 0 amide bonds. The van der Waals surface area contributed by atoms with Gasteiger partial charge in [0.15, 0.2) is 9.84 Å². The van der Waals surface area contributed by atoms with E-state index in [2.05, 4.69) is 4.72 Å². The van der Waals surface area contributed by atoms with Gasteiger partial charge >= 0.3 is 0 Å². The Morgan fingerprint density at radius 1 is 0.957 bits per heavy atom. The molecule has 0 saturated carbocycles. The lowest BCUT2D eigenvalue weighted by Crippen LogP contribution is -2.13.